The molecule has 0 unspecified atom stereocenters. The minimum Gasteiger partial charge on any atom is -0.497 e. The third-order valence-electron chi connectivity index (χ3n) is 3.33. The Hall–Kier alpha value is -2.05. The molecule has 0 fully saturated rings. The van der Waals surface area contributed by atoms with Crippen LogP contribution in [-0.4, -0.2) is 13.7 Å². The van der Waals surface area contributed by atoms with Gasteiger partial charge in [-0.05, 0) is 53.9 Å². The number of nitrogens with zero attached hydrogens (tertiary/aromatic N) is 1. The van der Waals surface area contributed by atoms with E-state index >= 15 is 0 Å². The Bertz CT molecular complexity index is 601. The number of ether oxygens (including phenoxy) is 1. The number of methoxy groups -OCH3 is 1. The van der Waals surface area contributed by atoms with Crippen LogP contribution in [0, 0.1) is 11.3 Å². The van der Waals surface area contributed by atoms with E-state index in [1.807, 2.05) is 6.07 Å². The number of nitrogens with one attached hydrogen (secondary N) is 1. The van der Waals surface area contributed by atoms with Crippen molar-refractivity contribution in [1.82, 2.24) is 5.32 Å². The summed E-state index contributed by atoms with van der Waals surface area (Å²) in [7, 11) is 1.69. The Morgan fingerprint density at radius 2 is 1.90 bits per heavy atom. The lowest BCUT2D eigenvalue weighted by Gasteiger charge is -2.07. The van der Waals surface area contributed by atoms with Gasteiger partial charge in [-0.3, -0.25) is 0 Å². The van der Waals surface area contributed by atoms with Crippen LogP contribution in [0.5, 0.6) is 5.75 Å². The van der Waals surface area contributed by atoms with Gasteiger partial charge in [-0.2, -0.15) is 5.26 Å². The molecule has 0 radical (unpaired) electrons. The van der Waals surface area contributed by atoms with Crippen molar-refractivity contribution in [3.05, 3.63) is 42.0 Å². The molecule has 2 aromatic carbocycles. The number of hydrogen-bond donors (Lipinski definition) is 1. The zero-order chi connectivity index (χ0) is 14.2. The van der Waals surface area contributed by atoms with E-state index in [-0.39, 0.29) is 0 Å². The molecule has 0 bridgehead atoms. The molecule has 0 atom stereocenters. The third kappa shape index (κ3) is 3.97. The largest absolute Gasteiger partial charge is 0.497 e. The van der Waals surface area contributed by atoms with Crippen molar-refractivity contribution in [3.63, 3.8) is 0 Å². The molecule has 3 heteroatoms. The maximum Gasteiger partial charge on any atom is 0.119 e. The van der Waals surface area contributed by atoms with Crippen molar-refractivity contribution in [2.75, 3.05) is 13.7 Å². The van der Waals surface area contributed by atoms with E-state index in [9.17, 15) is 0 Å². The van der Waals surface area contributed by atoms with Gasteiger partial charge in [0.15, 0.2) is 0 Å². The second-order valence-electron chi connectivity index (χ2n) is 4.84. The van der Waals surface area contributed by atoms with Crippen LogP contribution in [0.15, 0.2) is 36.4 Å². The van der Waals surface area contributed by atoms with Crippen LogP contribution >= 0.6 is 0 Å². The highest BCUT2D eigenvalue weighted by Gasteiger charge is 1.99. The fourth-order valence-corrected chi connectivity index (χ4v) is 2.20. The fraction of sp³-hybridized carbons (Fsp3) is 0.353. The molecule has 0 aromatic heterocycles. The molecule has 0 aliphatic rings. The summed E-state index contributed by atoms with van der Waals surface area (Å²) < 4.78 is 5.23. The van der Waals surface area contributed by atoms with Crippen LogP contribution in [0.1, 0.15) is 24.8 Å². The zero-order valence-electron chi connectivity index (χ0n) is 11.9. The van der Waals surface area contributed by atoms with Gasteiger partial charge >= 0.3 is 0 Å². The number of nitriles is 1. The Morgan fingerprint density at radius 1 is 1.10 bits per heavy atom. The molecule has 2 rings (SSSR count). The van der Waals surface area contributed by atoms with Crippen molar-refractivity contribution in [1.29, 1.82) is 5.26 Å². The van der Waals surface area contributed by atoms with Gasteiger partial charge in [0.1, 0.15) is 5.75 Å². The quantitative estimate of drug-likeness (QED) is 0.780. The van der Waals surface area contributed by atoms with Gasteiger partial charge in [0.05, 0.1) is 13.2 Å². The lowest BCUT2D eigenvalue weighted by Crippen LogP contribution is -2.14. The zero-order valence-corrected chi connectivity index (χ0v) is 11.9. The molecule has 0 amide bonds. The minimum atomic E-state index is 0.652. The lowest BCUT2D eigenvalue weighted by atomic mass is 10.1. The van der Waals surface area contributed by atoms with E-state index in [4.69, 9.17) is 10.00 Å². The van der Waals surface area contributed by atoms with Crippen LogP contribution in [-0.2, 0) is 6.54 Å². The van der Waals surface area contributed by atoms with Gasteiger partial charge in [0.25, 0.3) is 0 Å². The minimum absolute atomic E-state index is 0.652. The van der Waals surface area contributed by atoms with Crippen LogP contribution in [0.3, 0.4) is 0 Å². The molecule has 3 nitrogen and oxygen atoms in total. The first-order valence-corrected chi connectivity index (χ1v) is 6.98. The average Bonchev–Trinajstić information content (AvgIpc) is 2.50. The molecule has 0 aliphatic carbocycles. The highest BCUT2D eigenvalue weighted by atomic mass is 16.5. The molecular weight excluding hydrogens is 248 g/mol. The van der Waals surface area contributed by atoms with Crippen LogP contribution < -0.4 is 10.1 Å². The first-order valence-electron chi connectivity index (χ1n) is 6.98. The number of unbranched alkanes of at least 4 members (excludes halogenated alkanes) is 2. The molecule has 20 heavy (non-hydrogen) atoms. The molecule has 0 aliphatic heterocycles. The van der Waals surface area contributed by atoms with E-state index < -0.39 is 0 Å². The van der Waals surface area contributed by atoms with E-state index in [0.29, 0.717) is 6.42 Å². The molecule has 0 saturated heterocycles. The fourth-order valence-electron chi connectivity index (χ4n) is 2.20. The summed E-state index contributed by atoms with van der Waals surface area (Å²) >= 11 is 0. The van der Waals surface area contributed by atoms with Crippen LogP contribution in [0.4, 0.5) is 0 Å². The molecule has 0 heterocycles. The van der Waals surface area contributed by atoms with Gasteiger partial charge < -0.3 is 10.1 Å². The molecular formula is C17H20N2O. The average molecular weight is 268 g/mol. The van der Waals surface area contributed by atoms with Crippen LogP contribution in [0.25, 0.3) is 10.8 Å². The van der Waals surface area contributed by atoms with Crippen molar-refractivity contribution >= 4 is 10.8 Å². The summed E-state index contributed by atoms with van der Waals surface area (Å²) in [6.45, 7) is 1.83. The Labute approximate surface area is 120 Å². The summed E-state index contributed by atoms with van der Waals surface area (Å²) in [5.74, 6) is 0.890. The first-order chi connectivity index (χ1) is 9.83. The van der Waals surface area contributed by atoms with Crippen molar-refractivity contribution < 1.29 is 4.74 Å². The van der Waals surface area contributed by atoms with Gasteiger partial charge in [-0.25, -0.2) is 0 Å². The molecule has 0 spiro atoms. The second kappa shape index (κ2) is 7.52. The lowest BCUT2D eigenvalue weighted by molar-refractivity contribution is 0.415. The highest BCUT2D eigenvalue weighted by molar-refractivity contribution is 5.84. The Morgan fingerprint density at radius 3 is 2.70 bits per heavy atom. The van der Waals surface area contributed by atoms with Crippen molar-refractivity contribution in [2.45, 2.75) is 25.8 Å². The van der Waals surface area contributed by atoms with Crippen LogP contribution in [0.2, 0.25) is 0 Å². The van der Waals surface area contributed by atoms with E-state index in [1.54, 1.807) is 7.11 Å². The summed E-state index contributed by atoms with van der Waals surface area (Å²) in [6.07, 6.45) is 2.68. The maximum absolute atomic E-state index is 8.46. The molecule has 1 N–H and O–H groups in total. The topological polar surface area (TPSA) is 45.0 Å². The molecule has 0 saturated carbocycles. The Kier molecular flexibility index (Phi) is 5.40. The number of hydrogen-bond acceptors (Lipinski definition) is 3. The maximum atomic E-state index is 8.46. The number of fused-ring (bicyclic) bond motifs is 1. The molecule has 104 valence electrons. The SMILES string of the molecule is COc1ccc2cc(CNCCCCC#N)ccc2c1. The summed E-state index contributed by atoms with van der Waals surface area (Å²) in [5, 5.41) is 14.3. The predicted octanol–water partition coefficient (Wildman–Crippen LogP) is 3.63. The summed E-state index contributed by atoms with van der Waals surface area (Å²) in [6, 6.07) is 14.8. The van der Waals surface area contributed by atoms with Gasteiger partial charge in [0.2, 0.25) is 0 Å². The van der Waals surface area contributed by atoms with E-state index in [1.165, 1.54) is 16.3 Å². The number of benzene rings is 2. The normalized spacial score (nSPS) is 10.4. The van der Waals surface area contributed by atoms with Gasteiger partial charge in [-0.1, -0.05) is 18.2 Å². The van der Waals surface area contributed by atoms with Crippen molar-refractivity contribution in [3.8, 4) is 11.8 Å². The second-order valence-corrected chi connectivity index (χ2v) is 4.84. The highest BCUT2D eigenvalue weighted by Crippen LogP contribution is 2.21. The van der Waals surface area contributed by atoms with E-state index in [0.717, 1.165) is 31.7 Å². The third-order valence-corrected chi connectivity index (χ3v) is 3.33. The summed E-state index contributed by atoms with van der Waals surface area (Å²) in [5.41, 5.74) is 1.28. The first kappa shape index (κ1) is 14.4. The van der Waals surface area contributed by atoms with E-state index in [2.05, 4.69) is 41.7 Å². The Balaban J connectivity index is 1.90. The van der Waals surface area contributed by atoms with Gasteiger partial charge in [0, 0.05) is 13.0 Å². The monoisotopic (exact) mass is 268 g/mol. The smallest absolute Gasteiger partial charge is 0.119 e. The number of rotatable bonds is 7. The standard InChI is InChI=1S/C17H20N2O/c1-20-17-8-7-15-11-14(5-6-16(15)12-17)13-19-10-4-2-3-9-18/h5-8,11-12,19H,2-4,10,13H2,1H3. The summed E-state index contributed by atoms with van der Waals surface area (Å²) in [4.78, 5) is 0. The molecule has 2 aromatic rings. The van der Waals surface area contributed by atoms with Gasteiger partial charge in [-0.15, -0.1) is 0 Å². The van der Waals surface area contributed by atoms with Crippen molar-refractivity contribution in [2.24, 2.45) is 0 Å². The predicted molar refractivity (Wildman–Crippen MR) is 81.7 cm³/mol.